The molecule has 1 aliphatic rings. The lowest BCUT2D eigenvalue weighted by atomic mass is 10.0. The third-order valence-corrected chi connectivity index (χ3v) is 7.14. The second-order valence-corrected chi connectivity index (χ2v) is 10.4. The van der Waals surface area contributed by atoms with Gasteiger partial charge in [0, 0.05) is 6.54 Å². The molecule has 3 aromatic rings. The molecule has 0 amide bonds. The normalized spacial score (nSPS) is 16.2. The van der Waals surface area contributed by atoms with Gasteiger partial charge in [0.1, 0.15) is 16.8 Å². The van der Waals surface area contributed by atoms with Gasteiger partial charge in [-0.05, 0) is 32.3 Å². The van der Waals surface area contributed by atoms with Crippen molar-refractivity contribution in [2.24, 2.45) is 0 Å². The molecule has 0 spiro atoms. The van der Waals surface area contributed by atoms with Crippen LogP contribution in [0.25, 0.3) is 0 Å². The van der Waals surface area contributed by atoms with Gasteiger partial charge in [0.2, 0.25) is 11.8 Å². The highest BCUT2D eigenvalue weighted by Gasteiger charge is 2.49. The van der Waals surface area contributed by atoms with Gasteiger partial charge in [-0.25, -0.2) is 4.98 Å². The molecule has 1 fully saturated rings. The van der Waals surface area contributed by atoms with E-state index in [0.29, 0.717) is 11.4 Å². The number of nitriles is 1. The summed E-state index contributed by atoms with van der Waals surface area (Å²) in [5.74, 6) is -0.733. The number of thiazole rings is 1. The van der Waals surface area contributed by atoms with E-state index in [2.05, 4.69) is 24.5 Å². The van der Waals surface area contributed by atoms with Crippen LogP contribution in [-0.2, 0) is 10.1 Å². The van der Waals surface area contributed by atoms with Crippen LogP contribution in [0.15, 0.2) is 30.5 Å². The summed E-state index contributed by atoms with van der Waals surface area (Å²) in [5.41, 5.74) is -3.66. The largest absolute Gasteiger partial charge is 0.534 e. The van der Waals surface area contributed by atoms with E-state index in [1.54, 1.807) is 4.90 Å². The first kappa shape index (κ1) is 24.7. The average molecular weight is 525 g/mol. The highest BCUT2D eigenvalue weighted by atomic mass is 32.2. The molecule has 0 unspecified atom stereocenters. The van der Waals surface area contributed by atoms with Gasteiger partial charge >= 0.3 is 15.6 Å². The Hall–Kier alpha value is -3.44. The second-order valence-electron chi connectivity index (χ2n) is 7.81. The Morgan fingerprint density at radius 3 is 2.57 bits per heavy atom. The Kier molecular flexibility index (Phi) is 6.56. The Morgan fingerprint density at radius 2 is 1.94 bits per heavy atom. The lowest BCUT2D eigenvalue weighted by Gasteiger charge is -2.26. The first-order valence-corrected chi connectivity index (χ1v) is 12.6. The zero-order valence-electron chi connectivity index (χ0n) is 18.5. The van der Waals surface area contributed by atoms with Crippen LogP contribution < -0.4 is 14.4 Å². The number of anilines is 3. The van der Waals surface area contributed by atoms with E-state index in [4.69, 9.17) is 5.26 Å². The predicted octanol–water partition coefficient (Wildman–Crippen LogP) is 4.74. The van der Waals surface area contributed by atoms with Crippen molar-refractivity contribution in [3.63, 3.8) is 0 Å². The van der Waals surface area contributed by atoms with E-state index in [-0.39, 0.29) is 28.5 Å². The summed E-state index contributed by atoms with van der Waals surface area (Å²) in [4.78, 5) is 14.7. The van der Waals surface area contributed by atoms with Crippen molar-refractivity contribution in [1.82, 2.24) is 15.0 Å². The third kappa shape index (κ3) is 5.15. The average Bonchev–Trinajstić information content (AvgIpc) is 3.45. The molecule has 4 rings (SSSR count). The predicted molar refractivity (Wildman–Crippen MR) is 123 cm³/mol. The maximum absolute atomic E-state index is 13.0. The van der Waals surface area contributed by atoms with Crippen molar-refractivity contribution in [2.45, 2.75) is 38.2 Å². The number of rotatable bonds is 6. The molecule has 1 atom stereocenters. The molecule has 9 nitrogen and oxygen atoms in total. The van der Waals surface area contributed by atoms with E-state index in [9.17, 15) is 21.6 Å². The Bertz CT molecular complexity index is 1380. The van der Waals surface area contributed by atoms with Gasteiger partial charge in [0.05, 0.1) is 17.8 Å². The maximum Gasteiger partial charge on any atom is 0.534 e. The Labute approximate surface area is 203 Å². The summed E-state index contributed by atoms with van der Waals surface area (Å²) >= 11 is 1.00. The molecule has 1 N–H and O–H groups in total. The molecule has 1 aliphatic heterocycles. The van der Waals surface area contributed by atoms with Crippen molar-refractivity contribution >= 4 is 38.4 Å². The van der Waals surface area contributed by atoms with Gasteiger partial charge in [0.25, 0.3) is 0 Å². The summed E-state index contributed by atoms with van der Waals surface area (Å²) in [6.07, 6.45) is 2.84. The smallest absolute Gasteiger partial charge is 0.355 e. The Morgan fingerprint density at radius 1 is 1.23 bits per heavy atom. The molecular formula is C21H19F3N6O3S2. The van der Waals surface area contributed by atoms with Crippen LogP contribution in [0.5, 0.6) is 5.88 Å². The fraction of sp³-hybridized carbons (Fsp3) is 0.333. The molecule has 184 valence electrons. The number of nitrogens with zero attached hydrogens (tertiary/aromatic N) is 5. The molecule has 3 heterocycles. The summed E-state index contributed by atoms with van der Waals surface area (Å²) in [6, 6.07) is 9.59. The highest BCUT2D eigenvalue weighted by Crippen LogP contribution is 2.38. The molecular weight excluding hydrogens is 505 g/mol. The minimum atomic E-state index is -5.97. The van der Waals surface area contributed by atoms with Crippen LogP contribution in [0.1, 0.15) is 40.5 Å². The minimum absolute atomic E-state index is 0.00520. The number of hydrogen-bond acceptors (Lipinski definition) is 10. The lowest BCUT2D eigenvalue weighted by molar-refractivity contribution is -0.0501. The fourth-order valence-electron chi connectivity index (χ4n) is 3.59. The summed E-state index contributed by atoms with van der Waals surface area (Å²) < 4.78 is 67.0. The number of halogens is 3. The van der Waals surface area contributed by atoms with Gasteiger partial charge < -0.3 is 14.4 Å². The minimum Gasteiger partial charge on any atom is -0.355 e. The van der Waals surface area contributed by atoms with Gasteiger partial charge in [0.15, 0.2) is 5.13 Å². The maximum atomic E-state index is 13.0. The van der Waals surface area contributed by atoms with Crippen LogP contribution in [-0.4, -0.2) is 35.4 Å². The van der Waals surface area contributed by atoms with Crippen LogP contribution >= 0.6 is 11.3 Å². The SMILES string of the molecule is Cc1ccc([C@@H]2CCCN2c2nc(Nc3ncc(C#N)s3)c(C)c(OS(=O)(=O)C(F)(F)F)n2)cc1. The molecule has 35 heavy (non-hydrogen) atoms. The molecule has 0 aliphatic carbocycles. The van der Waals surface area contributed by atoms with Crippen molar-refractivity contribution in [2.75, 3.05) is 16.8 Å². The van der Waals surface area contributed by atoms with Gasteiger partial charge in [-0.2, -0.15) is 36.8 Å². The molecule has 1 saturated heterocycles. The van der Waals surface area contributed by atoms with Gasteiger partial charge in [-0.1, -0.05) is 41.2 Å². The van der Waals surface area contributed by atoms with E-state index in [1.165, 1.54) is 13.1 Å². The highest BCUT2D eigenvalue weighted by molar-refractivity contribution is 7.88. The number of hydrogen-bond donors (Lipinski definition) is 1. The van der Waals surface area contributed by atoms with Crippen molar-refractivity contribution < 1.29 is 25.8 Å². The monoisotopic (exact) mass is 524 g/mol. The number of aryl methyl sites for hydroxylation is 1. The van der Waals surface area contributed by atoms with E-state index in [0.717, 1.165) is 35.3 Å². The molecule has 14 heteroatoms. The molecule has 1 aromatic carbocycles. The number of nitrogens with one attached hydrogen (secondary N) is 1. The van der Waals surface area contributed by atoms with Crippen molar-refractivity contribution in [3.8, 4) is 11.9 Å². The molecule has 0 bridgehead atoms. The van der Waals surface area contributed by atoms with Crippen LogP contribution in [0.3, 0.4) is 0 Å². The first-order chi connectivity index (χ1) is 16.5. The van der Waals surface area contributed by atoms with Crippen LogP contribution in [0.2, 0.25) is 0 Å². The van der Waals surface area contributed by atoms with Gasteiger partial charge in [-0.3, -0.25) is 0 Å². The second kappa shape index (κ2) is 9.31. The number of aromatic nitrogens is 3. The van der Waals surface area contributed by atoms with E-state index < -0.39 is 21.5 Å². The van der Waals surface area contributed by atoms with E-state index in [1.807, 2.05) is 37.3 Å². The number of alkyl halides is 3. The lowest BCUT2D eigenvalue weighted by Crippen LogP contribution is -2.30. The van der Waals surface area contributed by atoms with Crippen LogP contribution in [0, 0.1) is 25.2 Å². The Balaban J connectivity index is 1.78. The standard InChI is InChI=1S/C21H19F3N6O3S2/c1-12-5-7-14(8-6-12)16-4-3-9-30(16)19-27-17(28-20-26-11-15(10-25)34-20)13(2)18(29-19)33-35(31,32)21(22,23)24/h5-8,11,16H,3-4,9H2,1-2H3,(H,26,27,28,29)/t16-/m0/s1. The topological polar surface area (TPSA) is 121 Å². The van der Waals surface area contributed by atoms with Gasteiger partial charge in [-0.15, -0.1) is 0 Å². The fourth-order valence-corrected chi connectivity index (χ4v) is 4.67. The summed E-state index contributed by atoms with van der Waals surface area (Å²) in [7, 11) is -5.97. The zero-order chi connectivity index (χ0) is 25.4. The van der Waals surface area contributed by atoms with Crippen molar-refractivity contribution in [3.05, 3.63) is 52.0 Å². The molecule has 0 radical (unpaired) electrons. The zero-order valence-corrected chi connectivity index (χ0v) is 20.1. The van der Waals surface area contributed by atoms with Crippen LogP contribution in [0.4, 0.5) is 30.1 Å². The van der Waals surface area contributed by atoms with Crippen molar-refractivity contribution in [1.29, 1.82) is 5.26 Å². The summed E-state index contributed by atoms with van der Waals surface area (Å²) in [5, 5.41) is 12.1. The molecule has 2 aromatic heterocycles. The van der Waals surface area contributed by atoms with E-state index >= 15 is 0 Å². The summed E-state index contributed by atoms with van der Waals surface area (Å²) in [6.45, 7) is 3.79. The number of benzene rings is 1. The first-order valence-electron chi connectivity index (χ1n) is 10.3. The quantitative estimate of drug-likeness (QED) is 0.360. The molecule has 0 saturated carbocycles. The third-order valence-electron chi connectivity index (χ3n) is 5.37.